The van der Waals surface area contributed by atoms with Crippen molar-refractivity contribution >= 4 is 17.5 Å². The molecule has 178 valence electrons. The minimum atomic E-state index is -0.532. The van der Waals surface area contributed by atoms with Crippen LogP contribution in [-0.4, -0.2) is 34.2 Å². The molecule has 0 aliphatic heterocycles. The lowest BCUT2D eigenvalue weighted by Crippen LogP contribution is -2.15. The van der Waals surface area contributed by atoms with Gasteiger partial charge in [-0.1, -0.05) is 36.4 Å². The Labute approximate surface area is 202 Å². The number of nitrogens with one attached hydrogen (secondary N) is 2. The van der Waals surface area contributed by atoms with Crippen molar-refractivity contribution in [3.63, 3.8) is 0 Å². The highest BCUT2D eigenvalue weighted by Crippen LogP contribution is 2.21. The number of carbonyl (C=O) groups is 2. The molecule has 0 saturated carbocycles. The molecule has 1 aromatic heterocycles. The van der Waals surface area contributed by atoms with Crippen molar-refractivity contribution in [1.29, 1.82) is 0 Å². The fraction of sp³-hybridized carbons (Fsp3) is 0.148. The summed E-state index contributed by atoms with van der Waals surface area (Å²) in [6, 6.07) is 21.3. The van der Waals surface area contributed by atoms with Crippen LogP contribution in [0.4, 0.5) is 5.69 Å². The Bertz CT molecular complexity index is 1330. The molecule has 0 aliphatic carbocycles. The maximum atomic E-state index is 12.6. The summed E-state index contributed by atoms with van der Waals surface area (Å²) < 4.78 is 5.25. The van der Waals surface area contributed by atoms with E-state index in [1.165, 1.54) is 7.11 Å². The normalized spacial score (nSPS) is 10.7. The van der Waals surface area contributed by atoms with Gasteiger partial charge in [0.05, 0.1) is 29.6 Å². The zero-order valence-electron chi connectivity index (χ0n) is 19.2. The molecule has 0 bridgehead atoms. The van der Waals surface area contributed by atoms with Gasteiger partial charge < -0.3 is 20.9 Å². The Morgan fingerprint density at radius 2 is 1.66 bits per heavy atom. The minimum Gasteiger partial charge on any atom is -0.508 e. The van der Waals surface area contributed by atoms with Crippen LogP contribution in [-0.2, 0) is 19.3 Å². The average molecular weight is 471 g/mol. The van der Waals surface area contributed by atoms with Crippen LogP contribution >= 0.6 is 0 Å². The van der Waals surface area contributed by atoms with Gasteiger partial charge in [0.1, 0.15) is 11.5 Å². The third kappa shape index (κ3) is 5.67. The molecule has 2 amide bonds. The first-order valence-corrected chi connectivity index (χ1v) is 11.1. The van der Waals surface area contributed by atoms with Gasteiger partial charge in [-0.15, -0.1) is 0 Å². The van der Waals surface area contributed by atoms with Crippen LogP contribution in [0.5, 0.6) is 11.5 Å². The highest BCUT2D eigenvalue weighted by atomic mass is 16.5. The monoisotopic (exact) mass is 470 g/mol. The maximum absolute atomic E-state index is 12.6. The second kappa shape index (κ2) is 10.6. The lowest BCUT2D eigenvalue weighted by molar-refractivity contribution is 0.0995. The highest BCUT2D eigenvalue weighted by molar-refractivity contribution is 6.06. The Morgan fingerprint density at radius 3 is 2.34 bits per heavy atom. The van der Waals surface area contributed by atoms with Gasteiger partial charge in [0, 0.05) is 12.1 Å². The number of rotatable bonds is 9. The average Bonchev–Trinajstić information content (AvgIpc) is 3.27. The number of benzene rings is 3. The van der Waals surface area contributed by atoms with Gasteiger partial charge in [-0.25, -0.2) is 0 Å². The van der Waals surface area contributed by atoms with Gasteiger partial charge in [-0.3, -0.25) is 14.7 Å². The van der Waals surface area contributed by atoms with Gasteiger partial charge in [0.2, 0.25) is 0 Å². The summed E-state index contributed by atoms with van der Waals surface area (Å²) in [5.74, 6) is -0.0896. The summed E-state index contributed by atoms with van der Waals surface area (Å²) in [7, 11) is 1.52. The topological polar surface area (TPSA) is 130 Å². The van der Waals surface area contributed by atoms with Crippen LogP contribution in [0.25, 0.3) is 0 Å². The van der Waals surface area contributed by atoms with E-state index in [0.717, 1.165) is 11.1 Å². The Kier molecular flexibility index (Phi) is 7.11. The molecule has 0 fully saturated rings. The number of aromatic amines is 1. The predicted octanol–water partition coefficient (Wildman–Crippen LogP) is 3.85. The largest absolute Gasteiger partial charge is 0.508 e. The van der Waals surface area contributed by atoms with Crippen molar-refractivity contribution in [2.45, 2.75) is 19.3 Å². The molecule has 5 N–H and O–H groups in total. The number of H-pyrrole nitrogens is 1. The van der Waals surface area contributed by atoms with Crippen LogP contribution in [0.2, 0.25) is 0 Å². The van der Waals surface area contributed by atoms with Crippen LogP contribution < -0.4 is 15.8 Å². The third-order valence-corrected chi connectivity index (χ3v) is 5.69. The van der Waals surface area contributed by atoms with Crippen molar-refractivity contribution in [2.75, 3.05) is 12.4 Å². The van der Waals surface area contributed by atoms with Crippen molar-refractivity contribution in [2.24, 2.45) is 5.73 Å². The van der Waals surface area contributed by atoms with E-state index in [9.17, 15) is 14.7 Å². The van der Waals surface area contributed by atoms with Crippen LogP contribution in [0.3, 0.4) is 0 Å². The second-order valence-corrected chi connectivity index (χ2v) is 8.08. The van der Waals surface area contributed by atoms with E-state index in [-0.39, 0.29) is 11.7 Å². The summed E-state index contributed by atoms with van der Waals surface area (Å²) in [4.78, 5) is 24.8. The highest BCUT2D eigenvalue weighted by Gasteiger charge is 2.18. The fourth-order valence-electron chi connectivity index (χ4n) is 3.89. The number of anilines is 1. The second-order valence-electron chi connectivity index (χ2n) is 8.08. The van der Waals surface area contributed by atoms with Gasteiger partial charge in [-0.05, 0) is 60.4 Å². The maximum Gasteiger partial charge on any atom is 0.259 e. The van der Waals surface area contributed by atoms with Gasteiger partial charge >= 0.3 is 0 Å². The summed E-state index contributed by atoms with van der Waals surface area (Å²) in [6.45, 7) is 0. The van der Waals surface area contributed by atoms with Crippen molar-refractivity contribution < 1.29 is 19.4 Å². The molecular weight excluding hydrogens is 444 g/mol. The molecule has 0 aliphatic rings. The quantitative estimate of drug-likeness (QED) is 0.295. The summed E-state index contributed by atoms with van der Waals surface area (Å²) in [5.41, 5.74) is 10.4. The molecule has 0 spiro atoms. The summed E-state index contributed by atoms with van der Waals surface area (Å²) in [5, 5.41) is 19.6. The zero-order valence-corrected chi connectivity index (χ0v) is 19.2. The molecule has 0 unspecified atom stereocenters. The minimum absolute atomic E-state index is 0.207. The van der Waals surface area contributed by atoms with Crippen LogP contribution in [0, 0.1) is 0 Å². The number of nitrogens with two attached hydrogens (primary N) is 1. The number of aromatic nitrogens is 2. The molecule has 4 aromatic rings. The Balaban J connectivity index is 1.44. The molecule has 0 saturated heterocycles. The van der Waals surface area contributed by atoms with Crippen LogP contribution in [0.1, 0.15) is 43.2 Å². The number of methoxy groups -OCH3 is 1. The van der Waals surface area contributed by atoms with E-state index in [1.54, 1.807) is 48.5 Å². The predicted molar refractivity (Wildman–Crippen MR) is 133 cm³/mol. The van der Waals surface area contributed by atoms with E-state index < -0.39 is 5.91 Å². The van der Waals surface area contributed by atoms with Gasteiger partial charge in [0.15, 0.2) is 0 Å². The SMILES string of the molecule is COc1ccccc1C(=O)Nc1ccc(Cc2[nH]nc(CCc3ccc(O)cc3)c2C(N)=O)cc1. The van der Waals surface area contributed by atoms with E-state index >= 15 is 0 Å². The number of aromatic hydroxyl groups is 1. The smallest absolute Gasteiger partial charge is 0.259 e. The molecule has 8 heteroatoms. The molecule has 8 nitrogen and oxygen atoms in total. The first-order valence-electron chi connectivity index (χ1n) is 11.1. The zero-order chi connectivity index (χ0) is 24.8. The number of aryl methyl sites for hydroxylation is 2. The number of phenols is 1. The molecule has 0 radical (unpaired) electrons. The van der Waals surface area contributed by atoms with Gasteiger partial charge in [-0.2, -0.15) is 5.10 Å². The number of carbonyl (C=O) groups excluding carboxylic acids is 2. The molecular formula is C27H26N4O4. The lowest BCUT2D eigenvalue weighted by Gasteiger charge is -2.10. The number of nitrogens with zero attached hydrogens (tertiary/aromatic N) is 1. The molecule has 35 heavy (non-hydrogen) atoms. The molecule has 1 heterocycles. The summed E-state index contributed by atoms with van der Waals surface area (Å²) in [6.07, 6.45) is 1.63. The van der Waals surface area contributed by atoms with Crippen molar-refractivity contribution in [3.05, 3.63) is 106 Å². The summed E-state index contributed by atoms with van der Waals surface area (Å²) >= 11 is 0. The Morgan fingerprint density at radius 1 is 0.971 bits per heavy atom. The van der Waals surface area contributed by atoms with E-state index in [1.807, 2.05) is 24.3 Å². The first kappa shape index (κ1) is 23.6. The number of ether oxygens (including phenoxy) is 1. The standard InChI is InChI=1S/C27H26N4O4/c1-35-24-5-3-2-4-21(24)27(34)29-19-11-6-18(7-12-19)16-23-25(26(28)33)22(30-31-23)15-10-17-8-13-20(32)14-9-17/h2-9,11-14,32H,10,15-16H2,1H3,(H2,28,33)(H,29,34)(H,30,31). The molecule has 0 atom stereocenters. The molecule has 3 aromatic carbocycles. The van der Waals surface area contributed by atoms with Crippen molar-refractivity contribution in [1.82, 2.24) is 10.2 Å². The fourth-order valence-corrected chi connectivity index (χ4v) is 3.89. The van der Waals surface area contributed by atoms with Gasteiger partial charge in [0.25, 0.3) is 11.8 Å². The number of phenolic OH excluding ortho intramolecular Hbond substituents is 1. The number of primary amides is 1. The van der Waals surface area contributed by atoms with E-state index in [0.29, 0.717) is 53.2 Å². The first-order chi connectivity index (χ1) is 16.9. The van der Waals surface area contributed by atoms with Crippen molar-refractivity contribution in [3.8, 4) is 11.5 Å². The van der Waals surface area contributed by atoms with E-state index in [4.69, 9.17) is 10.5 Å². The number of amides is 2. The number of hydrogen-bond acceptors (Lipinski definition) is 5. The number of hydrogen-bond donors (Lipinski definition) is 4. The third-order valence-electron chi connectivity index (χ3n) is 5.69. The lowest BCUT2D eigenvalue weighted by atomic mass is 10.0. The van der Waals surface area contributed by atoms with Crippen LogP contribution in [0.15, 0.2) is 72.8 Å². The molecule has 4 rings (SSSR count). The number of para-hydroxylation sites is 1. The van der Waals surface area contributed by atoms with E-state index in [2.05, 4.69) is 15.5 Å². The Hall–Kier alpha value is -4.59.